The van der Waals surface area contributed by atoms with Crippen molar-refractivity contribution >= 4 is 27.9 Å². The highest BCUT2D eigenvalue weighted by Gasteiger charge is 2.45. The maximum atomic E-state index is 12.4. The number of halogens is 1. The van der Waals surface area contributed by atoms with Gasteiger partial charge < -0.3 is 9.47 Å². The molecule has 0 saturated heterocycles. The van der Waals surface area contributed by atoms with Crippen LogP contribution in [0.5, 0.6) is 0 Å². The zero-order valence-electron chi connectivity index (χ0n) is 13.0. The molecule has 116 valence electrons. The summed E-state index contributed by atoms with van der Waals surface area (Å²) in [5, 5.41) is 0. The molecule has 1 aromatic rings. The van der Waals surface area contributed by atoms with Crippen molar-refractivity contribution in [2.75, 3.05) is 7.11 Å². The number of carbonyl (C=O) groups is 2. The third kappa shape index (κ3) is 4.84. The highest BCUT2D eigenvalue weighted by Crippen LogP contribution is 2.29. The molecule has 1 rings (SSSR count). The fourth-order valence-electron chi connectivity index (χ4n) is 1.85. The molecule has 0 N–H and O–H groups in total. The van der Waals surface area contributed by atoms with Crippen molar-refractivity contribution in [1.82, 2.24) is 0 Å². The van der Waals surface area contributed by atoms with E-state index in [1.807, 2.05) is 24.3 Å². The summed E-state index contributed by atoms with van der Waals surface area (Å²) in [5.74, 6) is -1.18. The first-order valence-electron chi connectivity index (χ1n) is 6.65. The first-order valence-corrected chi connectivity index (χ1v) is 7.44. The van der Waals surface area contributed by atoms with Crippen LogP contribution >= 0.6 is 15.9 Å². The third-order valence-corrected chi connectivity index (χ3v) is 3.48. The van der Waals surface area contributed by atoms with E-state index < -0.39 is 23.0 Å². The number of rotatable bonds is 4. The second-order valence-electron chi connectivity index (χ2n) is 6.13. The summed E-state index contributed by atoms with van der Waals surface area (Å²) < 4.78 is 11.1. The minimum atomic E-state index is -1.37. The van der Waals surface area contributed by atoms with Gasteiger partial charge in [-0.3, -0.25) is 9.59 Å². The molecule has 0 amide bonds. The number of ether oxygens (including phenoxy) is 2. The normalized spacial score (nSPS) is 14.2. The standard InChI is InChI=1S/C16H21BrO4/c1-15(2,3)21-14(19)16(4,13(18)20-5)10-11-6-8-12(17)9-7-11/h6-9H,10H2,1-5H3/t16-/m1/s1. The number of carbonyl (C=O) groups excluding carboxylic acids is 2. The van der Waals surface area contributed by atoms with E-state index in [0.717, 1.165) is 10.0 Å². The van der Waals surface area contributed by atoms with Crippen LogP contribution in [-0.2, 0) is 25.5 Å². The van der Waals surface area contributed by atoms with Gasteiger partial charge in [0.1, 0.15) is 5.60 Å². The van der Waals surface area contributed by atoms with Crippen LogP contribution < -0.4 is 0 Å². The minimum Gasteiger partial charge on any atom is -0.468 e. The molecule has 0 heterocycles. The number of esters is 2. The molecule has 1 aromatic carbocycles. The van der Waals surface area contributed by atoms with Crippen molar-refractivity contribution < 1.29 is 19.1 Å². The average molecular weight is 357 g/mol. The average Bonchev–Trinajstić information content (AvgIpc) is 2.38. The number of hydrogen-bond acceptors (Lipinski definition) is 4. The van der Waals surface area contributed by atoms with Crippen LogP contribution in [0.2, 0.25) is 0 Å². The van der Waals surface area contributed by atoms with Crippen molar-refractivity contribution in [1.29, 1.82) is 0 Å². The van der Waals surface area contributed by atoms with Crippen molar-refractivity contribution in [3.05, 3.63) is 34.3 Å². The van der Waals surface area contributed by atoms with Crippen LogP contribution in [0, 0.1) is 5.41 Å². The van der Waals surface area contributed by atoms with E-state index in [1.54, 1.807) is 27.7 Å². The fraction of sp³-hybridized carbons (Fsp3) is 0.500. The summed E-state index contributed by atoms with van der Waals surface area (Å²) in [7, 11) is 1.27. The maximum Gasteiger partial charge on any atom is 0.324 e. The van der Waals surface area contributed by atoms with Crippen LogP contribution in [0.25, 0.3) is 0 Å². The van der Waals surface area contributed by atoms with Crippen molar-refractivity contribution in [2.45, 2.75) is 39.7 Å². The predicted octanol–water partition coefficient (Wildman–Crippen LogP) is 3.51. The van der Waals surface area contributed by atoms with Gasteiger partial charge in [-0.05, 0) is 51.8 Å². The van der Waals surface area contributed by atoms with Gasteiger partial charge in [0.05, 0.1) is 7.11 Å². The van der Waals surface area contributed by atoms with Crippen LogP contribution in [0.1, 0.15) is 33.3 Å². The van der Waals surface area contributed by atoms with Crippen LogP contribution in [-0.4, -0.2) is 24.6 Å². The third-order valence-electron chi connectivity index (χ3n) is 2.96. The van der Waals surface area contributed by atoms with Gasteiger partial charge in [-0.25, -0.2) is 0 Å². The summed E-state index contributed by atoms with van der Waals surface area (Å²) in [6.07, 6.45) is 0.224. The summed E-state index contributed by atoms with van der Waals surface area (Å²) >= 11 is 3.35. The Hall–Kier alpha value is -1.36. The molecule has 0 aliphatic carbocycles. The zero-order valence-corrected chi connectivity index (χ0v) is 14.6. The lowest BCUT2D eigenvalue weighted by Crippen LogP contribution is -2.43. The summed E-state index contributed by atoms with van der Waals surface area (Å²) in [6, 6.07) is 7.44. The molecule has 0 fully saturated rings. The molecule has 5 heteroatoms. The van der Waals surface area contributed by atoms with Gasteiger partial charge in [0.15, 0.2) is 5.41 Å². The Bertz CT molecular complexity index is 516. The van der Waals surface area contributed by atoms with E-state index >= 15 is 0 Å². The minimum absolute atomic E-state index is 0.224. The Balaban J connectivity index is 3.06. The topological polar surface area (TPSA) is 52.6 Å². The van der Waals surface area contributed by atoms with Crippen molar-refractivity contribution in [3.8, 4) is 0 Å². The first-order chi connectivity index (χ1) is 9.58. The van der Waals surface area contributed by atoms with E-state index in [4.69, 9.17) is 9.47 Å². The Morgan fingerprint density at radius 2 is 1.57 bits per heavy atom. The molecule has 0 spiro atoms. The van der Waals surface area contributed by atoms with Gasteiger partial charge in [0, 0.05) is 4.47 Å². The molecule has 0 unspecified atom stereocenters. The SMILES string of the molecule is COC(=O)[C@@](C)(Cc1ccc(Br)cc1)C(=O)OC(C)(C)C. The van der Waals surface area contributed by atoms with Crippen LogP contribution in [0.15, 0.2) is 28.7 Å². The van der Waals surface area contributed by atoms with Crippen LogP contribution in [0.3, 0.4) is 0 Å². The molecule has 0 saturated carbocycles. The van der Waals surface area contributed by atoms with Crippen molar-refractivity contribution in [2.24, 2.45) is 5.41 Å². The molecule has 0 radical (unpaired) electrons. The maximum absolute atomic E-state index is 12.4. The molecule has 0 aliphatic heterocycles. The lowest BCUT2D eigenvalue weighted by Gasteiger charge is -2.29. The van der Waals surface area contributed by atoms with E-state index in [0.29, 0.717) is 0 Å². The number of hydrogen-bond donors (Lipinski definition) is 0. The molecule has 1 atom stereocenters. The van der Waals surface area contributed by atoms with Crippen LogP contribution in [0.4, 0.5) is 0 Å². The Morgan fingerprint density at radius 3 is 2.00 bits per heavy atom. The highest BCUT2D eigenvalue weighted by atomic mass is 79.9. The lowest BCUT2D eigenvalue weighted by atomic mass is 9.83. The number of benzene rings is 1. The van der Waals surface area contributed by atoms with Gasteiger partial charge in [-0.1, -0.05) is 28.1 Å². The largest absolute Gasteiger partial charge is 0.468 e. The first kappa shape index (κ1) is 17.7. The zero-order chi connectivity index (χ0) is 16.3. The van der Waals surface area contributed by atoms with Gasteiger partial charge in [-0.2, -0.15) is 0 Å². The molecular weight excluding hydrogens is 336 g/mol. The predicted molar refractivity (Wildman–Crippen MR) is 83.8 cm³/mol. The second-order valence-corrected chi connectivity index (χ2v) is 7.04. The lowest BCUT2D eigenvalue weighted by molar-refractivity contribution is -0.177. The smallest absolute Gasteiger partial charge is 0.324 e. The fourth-order valence-corrected chi connectivity index (χ4v) is 2.12. The highest BCUT2D eigenvalue weighted by molar-refractivity contribution is 9.10. The molecule has 0 bridgehead atoms. The molecular formula is C16H21BrO4. The quantitative estimate of drug-likeness (QED) is 0.611. The van der Waals surface area contributed by atoms with Crippen molar-refractivity contribution in [3.63, 3.8) is 0 Å². The summed E-state index contributed by atoms with van der Waals surface area (Å²) in [6.45, 7) is 6.85. The van der Waals surface area contributed by atoms with E-state index in [1.165, 1.54) is 7.11 Å². The van der Waals surface area contributed by atoms with E-state index in [-0.39, 0.29) is 6.42 Å². The van der Waals surface area contributed by atoms with Gasteiger partial charge >= 0.3 is 11.9 Å². The monoisotopic (exact) mass is 356 g/mol. The van der Waals surface area contributed by atoms with E-state index in [2.05, 4.69) is 15.9 Å². The van der Waals surface area contributed by atoms with Gasteiger partial charge in [-0.15, -0.1) is 0 Å². The Labute approximate surface area is 133 Å². The summed E-state index contributed by atoms with van der Waals surface area (Å²) in [5.41, 5.74) is -1.17. The Kier molecular flexibility index (Phi) is 5.56. The van der Waals surface area contributed by atoms with Gasteiger partial charge in [0.25, 0.3) is 0 Å². The number of methoxy groups -OCH3 is 1. The summed E-state index contributed by atoms with van der Waals surface area (Å²) in [4.78, 5) is 24.5. The molecule has 21 heavy (non-hydrogen) atoms. The molecule has 4 nitrogen and oxygen atoms in total. The molecule has 0 aliphatic rings. The van der Waals surface area contributed by atoms with Gasteiger partial charge in [0.2, 0.25) is 0 Å². The second kappa shape index (κ2) is 6.60. The Morgan fingerprint density at radius 1 is 1.05 bits per heavy atom. The van der Waals surface area contributed by atoms with E-state index in [9.17, 15) is 9.59 Å². The molecule has 0 aromatic heterocycles.